The van der Waals surface area contributed by atoms with Gasteiger partial charge in [-0.15, -0.1) is 0 Å². The zero-order valence-corrected chi connectivity index (χ0v) is 13.7. The number of hydrogen-bond donors (Lipinski definition) is 1. The molecule has 3 heterocycles. The van der Waals surface area contributed by atoms with Gasteiger partial charge in [-0.25, -0.2) is 15.0 Å². The fourth-order valence-electron chi connectivity index (χ4n) is 2.46. The Bertz CT molecular complexity index is 675. The van der Waals surface area contributed by atoms with Crippen LogP contribution in [0.15, 0.2) is 29.6 Å². The van der Waals surface area contributed by atoms with E-state index in [2.05, 4.69) is 29.9 Å². The number of rotatable bonds is 3. The highest BCUT2D eigenvalue weighted by molar-refractivity contribution is 6.31. The van der Waals surface area contributed by atoms with E-state index in [1.54, 1.807) is 23.3 Å². The van der Waals surface area contributed by atoms with E-state index in [4.69, 9.17) is 17.3 Å². The van der Waals surface area contributed by atoms with E-state index in [9.17, 15) is 0 Å². The maximum Gasteiger partial charge on any atom is 0.225 e. The van der Waals surface area contributed by atoms with Crippen LogP contribution in [0.25, 0.3) is 0 Å². The van der Waals surface area contributed by atoms with Crippen LogP contribution in [-0.2, 0) is 13.6 Å². The molecule has 0 spiro atoms. The second-order valence-electron chi connectivity index (χ2n) is 5.29. The fourth-order valence-corrected chi connectivity index (χ4v) is 2.70. The molecule has 0 radical (unpaired) electrons. The van der Waals surface area contributed by atoms with Crippen LogP contribution in [0.4, 0.5) is 5.95 Å². The van der Waals surface area contributed by atoms with Crippen molar-refractivity contribution in [2.24, 2.45) is 17.8 Å². The molecule has 2 N–H and O–H groups in total. The number of aliphatic imine (C=N–C) groups is 1. The lowest BCUT2D eigenvalue weighted by atomic mass is 10.3. The molecule has 9 heteroatoms. The van der Waals surface area contributed by atoms with Crippen LogP contribution in [0.3, 0.4) is 0 Å². The third-order valence-corrected chi connectivity index (χ3v) is 4.00. The Morgan fingerprint density at radius 1 is 1.26 bits per heavy atom. The molecule has 1 saturated heterocycles. The van der Waals surface area contributed by atoms with Crippen LogP contribution in [0.5, 0.6) is 0 Å². The molecular weight excluding hydrogens is 316 g/mol. The molecule has 1 aliphatic heterocycles. The third kappa shape index (κ3) is 3.70. The first-order chi connectivity index (χ1) is 11.1. The largest absolute Gasteiger partial charge is 0.370 e. The van der Waals surface area contributed by atoms with Gasteiger partial charge in [-0.05, 0) is 6.07 Å². The lowest BCUT2D eigenvalue weighted by Crippen LogP contribution is -2.51. The molecule has 2 aromatic rings. The Morgan fingerprint density at radius 3 is 2.57 bits per heavy atom. The van der Waals surface area contributed by atoms with E-state index in [0.29, 0.717) is 17.5 Å². The summed E-state index contributed by atoms with van der Waals surface area (Å²) in [5.41, 5.74) is 6.82. The van der Waals surface area contributed by atoms with Crippen molar-refractivity contribution >= 4 is 23.5 Å². The van der Waals surface area contributed by atoms with E-state index in [0.717, 1.165) is 37.8 Å². The van der Waals surface area contributed by atoms with Gasteiger partial charge in [0.15, 0.2) is 5.96 Å². The predicted octanol–water partition coefficient (Wildman–Crippen LogP) is 0.500. The number of nitrogens with two attached hydrogens (primary N) is 1. The zero-order chi connectivity index (χ0) is 16.2. The van der Waals surface area contributed by atoms with Gasteiger partial charge in [0.1, 0.15) is 5.69 Å². The predicted molar refractivity (Wildman–Crippen MR) is 89.4 cm³/mol. The Labute approximate surface area is 139 Å². The van der Waals surface area contributed by atoms with Crippen molar-refractivity contribution in [3.63, 3.8) is 0 Å². The van der Waals surface area contributed by atoms with Crippen LogP contribution in [-0.4, -0.2) is 56.8 Å². The third-order valence-electron chi connectivity index (χ3n) is 3.68. The standard InChI is InChI=1S/C14H19ClN8/c1-21-10-11(15)12(20-21)9-19-13(16)22-5-7-23(8-6-22)14-17-3-2-4-18-14/h2-4,10H,5-9H2,1H3,(H2,16,19). The summed E-state index contributed by atoms with van der Waals surface area (Å²) in [5.74, 6) is 1.27. The normalized spacial score (nSPS) is 16.0. The Hall–Kier alpha value is -2.35. The summed E-state index contributed by atoms with van der Waals surface area (Å²) >= 11 is 6.07. The van der Waals surface area contributed by atoms with E-state index >= 15 is 0 Å². The van der Waals surface area contributed by atoms with Gasteiger partial charge in [-0.2, -0.15) is 5.10 Å². The number of aromatic nitrogens is 4. The summed E-state index contributed by atoms with van der Waals surface area (Å²) in [7, 11) is 1.83. The van der Waals surface area contributed by atoms with Crippen LogP contribution in [0, 0.1) is 0 Å². The maximum atomic E-state index is 6.09. The van der Waals surface area contributed by atoms with Crippen molar-refractivity contribution in [2.75, 3.05) is 31.1 Å². The highest BCUT2D eigenvalue weighted by Crippen LogP contribution is 2.14. The van der Waals surface area contributed by atoms with E-state index in [1.165, 1.54) is 0 Å². The van der Waals surface area contributed by atoms with Crippen LogP contribution in [0.2, 0.25) is 5.02 Å². The first-order valence-corrected chi connectivity index (χ1v) is 7.76. The molecule has 0 aromatic carbocycles. The summed E-state index contributed by atoms with van der Waals surface area (Å²) in [6.07, 6.45) is 5.25. The summed E-state index contributed by atoms with van der Waals surface area (Å²) in [5, 5.41) is 4.86. The van der Waals surface area contributed by atoms with Crippen molar-refractivity contribution < 1.29 is 0 Å². The van der Waals surface area contributed by atoms with Crippen molar-refractivity contribution in [3.05, 3.63) is 35.4 Å². The average molecular weight is 335 g/mol. The quantitative estimate of drug-likeness (QED) is 0.649. The SMILES string of the molecule is Cn1cc(Cl)c(CN=C(N)N2CCN(c3ncccn3)CC2)n1. The minimum Gasteiger partial charge on any atom is -0.370 e. The van der Waals surface area contributed by atoms with Gasteiger partial charge >= 0.3 is 0 Å². The molecule has 0 bridgehead atoms. The van der Waals surface area contributed by atoms with Gasteiger partial charge in [0, 0.05) is 51.8 Å². The zero-order valence-electron chi connectivity index (χ0n) is 12.9. The average Bonchev–Trinajstić information content (AvgIpc) is 2.91. The molecule has 0 amide bonds. The number of aryl methyl sites for hydroxylation is 1. The topological polar surface area (TPSA) is 88.5 Å². The minimum absolute atomic E-state index is 0.382. The molecular formula is C14H19ClN8. The number of halogens is 1. The highest BCUT2D eigenvalue weighted by Gasteiger charge is 2.20. The van der Waals surface area contributed by atoms with Gasteiger partial charge in [-0.1, -0.05) is 11.6 Å². The van der Waals surface area contributed by atoms with Crippen molar-refractivity contribution in [1.82, 2.24) is 24.6 Å². The van der Waals surface area contributed by atoms with Gasteiger partial charge in [0.25, 0.3) is 0 Å². The Balaban J connectivity index is 1.56. The maximum absolute atomic E-state index is 6.09. The monoisotopic (exact) mass is 334 g/mol. The molecule has 0 unspecified atom stereocenters. The first kappa shape index (κ1) is 15.5. The molecule has 23 heavy (non-hydrogen) atoms. The van der Waals surface area contributed by atoms with Gasteiger partial charge < -0.3 is 15.5 Å². The second kappa shape index (κ2) is 6.82. The minimum atomic E-state index is 0.382. The molecule has 2 aromatic heterocycles. The molecule has 0 atom stereocenters. The summed E-state index contributed by atoms with van der Waals surface area (Å²) in [4.78, 5) is 17.1. The molecule has 3 rings (SSSR count). The molecule has 0 saturated carbocycles. The molecule has 0 aliphatic carbocycles. The van der Waals surface area contributed by atoms with Crippen molar-refractivity contribution in [2.45, 2.75) is 6.54 Å². The first-order valence-electron chi connectivity index (χ1n) is 7.38. The molecule has 1 aliphatic rings. The number of piperazine rings is 1. The van der Waals surface area contributed by atoms with Crippen LogP contribution < -0.4 is 10.6 Å². The smallest absolute Gasteiger partial charge is 0.225 e. The van der Waals surface area contributed by atoms with Crippen molar-refractivity contribution in [3.8, 4) is 0 Å². The van der Waals surface area contributed by atoms with Gasteiger partial charge in [0.05, 0.1) is 11.6 Å². The number of hydrogen-bond acceptors (Lipinski definition) is 5. The van der Waals surface area contributed by atoms with E-state index < -0.39 is 0 Å². The molecule has 8 nitrogen and oxygen atoms in total. The number of guanidine groups is 1. The number of anilines is 1. The Morgan fingerprint density at radius 2 is 1.96 bits per heavy atom. The molecule has 122 valence electrons. The lowest BCUT2D eigenvalue weighted by molar-refractivity contribution is 0.378. The summed E-state index contributed by atoms with van der Waals surface area (Å²) in [6, 6.07) is 1.81. The van der Waals surface area contributed by atoms with E-state index in [1.807, 2.05) is 13.1 Å². The van der Waals surface area contributed by atoms with Crippen molar-refractivity contribution in [1.29, 1.82) is 0 Å². The fraction of sp³-hybridized carbons (Fsp3) is 0.429. The second-order valence-corrected chi connectivity index (χ2v) is 5.70. The Kier molecular flexibility index (Phi) is 4.61. The lowest BCUT2D eigenvalue weighted by Gasteiger charge is -2.35. The van der Waals surface area contributed by atoms with E-state index in [-0.39, 0.29) is 0 Å². The van der Waals surface area contributed by atoms with Gasteiger partial charge in [0.2, 0.25) is 5.95 Å². The number of nitrogens with zero attached hydrogens (tertiary/aromatic N) is 7. The van der Waals surface area contributed by atoms with Crippen LogP contribution in [0.1, 0.15) is 5.69 Å². The highest BCUT2D eigenvalue weighted by atomic mass is 35.5. The van der Waals surface area contributed by atoms with Gasteiger partial charge in [-0.3, -0.25) is 4.68 Å². The van der Waals surface area contributed by atoms with Crippen LogP contribution >= 0.6 is 11.6 Å². The molecule has 1 fully saturated rings. The summed E-state index contributed by atoms with van der Waals surface area (Å²) in [6.45, 7) is 3.57. The summed E-state index contributed by atoms with van der Waals surface area (Å²) < 4.78 is 1.67.